The van der Waals surface area contributed by atoms with Gasteiger partial charge in [-0.2, -0.15) is 0 Å². The molecular formula is C18H36N3O2+. The van der Waals surface area contributed by atoms with E-state index in [1.807, 2.05) is 32.6 Å². The molecule has 0 heterocycles. The average Bonchev–Trinajstić information content (AvgIpc) is 2.44. The predicted octanol–water partition coefficient (Wildman–Crippen LogP) is 2.18. The maximum atomic E-state index is 12.1. The zero-order valence-corrected chi connectivity index (χ0v) is 16.2. The van der Waals surface area contributed by atoms with Gasteiger partial charge in [0.05, 0.1) is 33.6 Å². The molecule has 0 aromatic rings. The summed E-state index contributed by atoms with van der Waals surface area (Å²) < 4.78 is 0.763. The lowest BCUT2D eigenvalue weighted by Crippen LogP contribution is -2.50. The van der Waals surface area contributed by atoms with E-state index in [0.717, 1.165) is 37.1 Å². The molecule has 0 atom stereocenters. The van der Waals surface area contributed by atoms with E-state index in [9.17, 15) is 9.59 Å². The van der Waals surface area contributed by atoms with E-state index >= 15 is 0 Å². The highest BCUT2D eigenvalue weighted by atomic mass is 16.2. The van der Waals surface area contributed by atoms with Crippen LogP contribution in [0.1, 0.15) is 47.5 Å². The molecule has 0 aliphatic rings. The maximum absolute atomic E-state index is 12.1. The van der Waals surface area contributed by atoms with Crippen molar-refractivity contribution in [1.82, 2.24) is 10.2 Å². The van der Waals surface area contributed by atoms with Crippen molar-refractivity contribution in [2.45, 2.75) is 53.0 Å². The molecule has 2 amide bonds. The van der Waals surface area contributed by atoms with Gasteiger partial charge in [0.25, 0.3) is 0 Å². The summed E-state index contributed by atoms with van der Waals surface area (Å²) >= 11 is 0. The van der Waals surface area contributed by atoms with E-state index in [0.29, 0.717) is 12.0 Å². The van der Waals surface area contributed by atoms with Crippen LogP contribution in [0, 0.1) is 0 Å². The third kappa shape index (κ3) is 8.74. The summed E-state index contributed by atoms with van der Waals surface area (Å²) in [5.41, 5.74) is 0.241. The van der Waals surface area contributed by atoms with Crippen LogP contribution in [0.4, 0.5) is 0 Å². The third-order valence-electron chi connectivity index (χ3n) is 4.23. The number of amides is 2. The molecule has 0 aliphatic carbocycles. The zero-order valence-electron chi connectivity index (χ0n) is 16.2. The van der Waals surface area contributed by atoms with Crippen molar-refractivity contribution in [3.8, 4) is 0 Å². The highest BCUT2D eigenvalue weighted by Gasteiger charge is 2.26. The molecule has 0 radical (unpaired) electrons. The van der Waals surface area contributed by atoms with Gasteiger partial charge in [0.2, 0.25) is 11.8 Å². The third-order valence-corrected chi connectivity index (χ3v) is 4.23. The summed E-state index contributed by atoms with van der Waals surface area (Å²) in [4.78, 5) is 25.8. The van der Waals surface area contributed by atoms with E-state index < -0.39 is 0 Å². The summed E-state index contributed by atoms with van der Waals surface area (Å²) in [5.74, 6) is 0.119. The second-order valence-electron chi connectivity index (χ2n) is 7.57. The summed E-state index contributed by atoms with van der Waals surface area (Å²) in [6.45, 7) is 16.7. The number of hydrogen-bond donors (Lipinski definition) is 1. The molecular weight excluding hydrogens is 290 g/mol. The molecule has 5 heteroatoms. The molecule has 0 aromatic heterocycles. The molecule has 0 bridgehead atoms. The van der Waals surface area contributed by atoms with Gasteiger partial charge >= 0.3 is 0 Å². The lowest BCUT2D eigenvalue weighted by Gasteiger charge is -2.35. The Morgan fingerprint density at radius 3 is 2.09 bits per heavy atom. The second-order valence-corrected chi connectivity index (χ2v) is 7.57. The van der Waals surface area contributed by atoms with Crippen molar-refractivity contribution in [2.24, 2.45) is 0 Å². The summed E-state index contributed by atoms with van der Waals surface area (Å²) in [6, 6.07) is 0. The van der Waals surface area contributed by atoms with Crippen molar-refractivity contribution in [1.29, 1.82) is 0 Å². The van der Waals surface area contributed by atoms with Crippen LogP contribution in [0.2, 0.25) is 0 Å². The quantitative estimate of drug-likeness (QED) is 0.494. The highest BCUT2D eigenvalue weighted by Crippen LogP contribution is 2.13. The van der Waals surface area contributed by atoms with Crippen LogP contribution >= 0.6 is 0 Å². The number of carbonyl (C=O) groups is 2. The molecule has 1 N–H and O–H groups in total. The van der Waals surface area contributed by atoms with E-state index in [1.165, 1.54) is 0 Å². The number of rotatable bonds is 10. The standard InChI is InChI=1S/C18H35N3O2/c1-9-20(10-2)16(22)11-13-21(7,8)14-12-18(5,6)19-17(23)15(3)4/h3,9-14H2,1-2,4-8H3/p+1. The zero-order chi connectivity index (χ0) is 18.3. The molecule has 0 unspecified atom stereocenters. The number of quaternary nitrogens is 1. The van der Waals surface area contributed by atoms with Gasteiger partial charge in [-0.15, -0.1) is 0 Å². The minimum absolute atomic E-state index is 0.1000. The van der Waals surface area contributed by atoms with Gasteiger partial charge in [-0.1, -0.05) is 6.58 Å². The Morgan fingerprint density at radius 1 is 1.13 bits per heavy atom. The number of nitrogens with one attached hydrogen (secondary N) is 1. The summed E-state index contributed by atoms with van der Waals surface area (Å²) in [5, 5.41) is 3.01. The molecule has 0 aromatic carbocycles. The molecule has 23 heavy (non-hydrogen) atoms. The van der Waals surface area contributed by atoms with Gasteiger partial charge in [-0.25, -0.2) is 0 Å². The van der Waals surface area contributed by atoms with Gasteiger partial charge in [-0.05, 0) is 34.6 Å². The average molecular weight is 327 g/mol. The Bertz CT molecular complexity index is 424. The van der Waals surface area contributed by atoms with E-state index in [2.05, 4.69) is 26.0 Å². The molecule has 0 aliphatic heterocycles. The molecule has 5 nitrogen and oxygen atoms in total. The minimum Gasteiger partial charge on any atom is -0.347 e. The van der Waals surface area contributed by atoms with Crippen LogP contribution in [0.3, 0.4) is 0 Å². The number of nitrogens with zero attached hydrogens (tertiary/aromatic N) is 2. The van der Waals surface area contributed by atoms with Crippen LogP contribution in [-0.4, -0.2) is 67.0 Å². The molecule has 0 fully saturated rings. The Morgan fingerprint density at radius 2 is 1.65 bits per heavy atom. The molecule has 0 rings (SSSR count). The summed E-state index contributed by atoms with van der Waals surface area (Å²) in [6.07, 6.45) is 1.41. The Balaban J connectivity index is 4.43. The summed E-state index contributed by atoms with van der Waals surface area (Å²) in [7, 11) is 4.26. The van der Waals surface area contributed by atoms with Gasteiger partial charge < -0.3 is 14.7 Å². The van der Waals surface area contributed by atoms with Crippen molar-refractivity contribution < 1.29 is 14.1 Å². The second kappa shape index (κ2) is 9.06. The first-order chi connectivity index (χ1) is 10.4. The fraction of sp³-hybridized carbons (Fsp3) is 0.778. The molecule has 0 spiro atoms. The van der Waals surface area contributed by atoms with Crippen LogP contribution in [0.25, 0.3) is 0 Å². The lowest BCUT2D eigenvalue weighted by atomic mass is 9.99. The Hall–Kier alpha value is -1.36. The van der Waals surface area contributed by atoms with Crippen LogP contribution < -0.4 is 5.32 Å². The van der Waals surface area contributed by atoms with Crippen LogP contribution in [0.15, 0.2) is 12.2 Å². The van der Waals surface area contributed by atoms with Crippen molar-refractivity contribution in [2.75, 3.05) is 40.3 Å². The fourth-order valence-electron chi connectivity index (χ4n) is 2.30. The first-order valence-electron chi connectivity index (χ1n) is 8.52. The fourth-order valence-corrected chi connectivity index (χ4v) is 2.30. The Labute approximate surface area is 142 Å². The van der Waals surface area contributed by atoms with Crippen LogP contribution in [0.5, 0.6) is 0 Å². The van der Waals surface area contributed by atoms with E-state index in [1.54, 1.807) is 6.92 Å². The van der Waals surface area contributed by atoms with Gasteiger partial charge in [0.1, 0.15) is 0 Å². The van der Waals surface area contributed by atoms with Crippen LogP contribution in [-0.2, 0) is 9.59 Å². The smallest absolute Gasteiger partial charge is 0.246 e. The van der Waals surface area contributed by atoms with Crippen molar-refractivity contribution in [3.63, 3.8) is 0 Å². The SMILES string of the molecule is C=C(C)C(=O)NC(C)(C)CC[N+](C)(C)CCC(=O)N(CC)CC. The minimum atomic E-state index is -0.283. The number of hydrogen-bond acceptors (Lipinski definition) is 2. The number of carbonyl (C=O) groups excluding carboxylic acids is 2. The predicted molar refractivity (Wildman–Crippen MR) is 96.0 cm³/mol. The first kappa shape index (κ1) is 21.6. The monoisotopic (exact) mass is 326 g/mol. The van der Waals surface area contributed by atoms with Gasteiger partial charge in [0, 0.05) is 30.6 Å². The van der Waals surface area contributed by atoms with Crippen molar-refractivity contribution >= 4 is 11.8 Å². The van der Waals surface area contributed by atoms with E-state index in [-0.39, 0.29) is 17.4 Å². The molecule has 134 valence electrons. The topological polar surface area (TPSA) is 49.4 Å². The van der Waals surface area contributed by atoms with E-state index in [4.69, 9.17) is 0 Å². The first-order valence-corrected chi connectivity index (χ1v) is 8.52. The molecule has 0 saturated carbocycles. The largest absolute Gasteiger partial charge is 0.347 e. The highest BCUT2D eigenvalue weighted by molar-refractivity contribution is 5.92. The van der Waals surface area contributed by atoms with Gasteiger partial charge in [0.15, 0.2) is 0 Å². The Kier molecular flexibility index (Phi) is 8.53. The molecule has 0 saturated heterocycles. The maximum Gasteiger partial charge on any atom is 0.246 e. The normalized spacial score (nSPS) is 12.0. The van der Waals surface area contributed by atoms with Crippen molar-refractivity contribution in [3.05, 3.63) is 12.2 Å². The van der Waals surface area contributed by atoms with Gasteiger partial charge in [-0.3, -0.25) is 9.59 Å². The lowest BCUT2D eigenvalue weighted by molar-refractivity contribution is -0.890.